The fraction of sp³-hybridized carbons (Fsp3) is 1.00. The highest BCUT2D eigenvalue weighted by Crippen LogP contribution is 2.42. The second-order valence-electron chi connectivity index (χ2n) is 12.5. The van der Waals surface area contributed by atoms with Crippen molar-refractivity contribution in [3.63, 3.8) is 0 Å². The van der Waals surface area contributed by atoms with Crippen LogP contribution in [0.3, 0.4) is 0 Å². The van der Waals surface area contributed by atoms with Gasteiger partial charge in [0.15, 0.2) is 0 Å². The van der Waals surface area contributed by atoms with Gasteiger partial charge in [0, 0.05) is 0 Å². The minimum Gasteiger partial charge on any atom is -0.393 e. The molecule has 194 valence electrons. The van der Waals surface area contributed by atoms with Gasteiger partial charge in [0.25, 0.3) is 0 Å². The first-order valence-electron chi connectivity index (χ1n) is 16.0. The summed E-state index contributed by atoms with van der Waals surface area (Å²) in [5.41, 5.74) is 0. The number of rotatable bonds is 4. The van der Waals surface area contributed by atoms with Gasteiger partial charge >= 0.3 is 0 Å². The molecule has 0 aromatic heterocycles. The van der Waals surface area contributed by atoms with E-state index in [2.05, 4.69) is 0 Å². The van der Waals surface area contributed by atoms with Gasteiger partial charge in [-0.15, -0.1) is 0 Å². The summed E-state index contributed by atoms with van der Waals surface area (Å²) in [6, 6.07) is 0. The van der Waals surface area contributed by atoms with Crippen LogP contribution in [0.5, 0.6) is 0 Å². The third kappa shape index (κ3) is 10.6. The Morgan fingerprint density at radius 1 is 0.303 bits per heavy atom. The van der Waals surface area contributed by atoms with Gasteiger partial charge in [-0.25, -0.2) is 0 Å². The van der Waals surface area contributed by atoms with Crippen LogP contribution in [-0.2, 0) is 0 Å². The third-order valence-electron chi connectivity index (χ3n) is 9.92. The maximum Gasteiger partial charge on any atom is 0.0601 e. The van der Waals surface area contributed by atoms with Crippen molar-refractivity contribution in [1.29, 1.82) is 0 Å². The molecule has 3 aliphatic rings. The van der Waals surface area contributed by atoms with E-state index in [9.17, 15) is 5.11 Å². The summed E-state index contributed by atoms with van der Waals surface area (Å²) >= 11 is 0. The molecule has 0 amide bonds. The molecule has 3 aliphatic carbocycles. The van der Waals surface area contributed by atoms with E-state index < -0.39 is 0 Å². The minimum atomic E-state index is -0.0229. The first-order chi connectivity index (χ1) is 16.4. The first-order valence-corrected chi connectivity index (χ1v) is 16.0. The van der Waals surface area contributed by atoms with E-state index in [-0.39, 0.29) is 6.10 Å². The van der Waals surface area contributed by atoms with Crippen molar-refractivity contribution in [1.82, 2.24) is 0 Å². The van der Waals surface area contributed by atoms with Crippen molar-refractivity contribution in [2.75, 3.05) is 0 Å². The molecule has 1 heteroatoms. The van der Waals surface area contributed by atoms with Gasteiger partial charge in [-0.2, -0.15) is 0 Å². The van der Waals surface area contributed by atoms with Crippen LogP contribution in [0.1, 0.15) is 173 Å². The summed E-state index contributed by atoms with van der Waals surface area (Å²) in [4.78, 5) is 0. The number of hydrogen-bond acceptors (Lipinski definition) is 1. The average molecular weight is 461 g/mol. The normalized spacial score (nSPS) is 27.1. The average Bonchev–Trinajstić information content (AvgIpc) is 2.85. The third-order valence-corrected chi connectivity index (χ3v) is 9.92. The quantitative estimate of drug-likeness (QED) is 0.442. The SMILES string of the molecule is OC(C1CCCCCCCCC1)C(C1CCCCCCCCC1)C1CCCCCCCCC1. The van der Waals surface area contributed by atoms with Crippen molar-refractivity contribution in [3.8, 4) is 0 Å². The van der Waals surface area contributed by atoms with Crippen molar-refractivity contribution < 1.29 is 5.11 Å². The molecule has 33 heavy (non-hydrogen) atoms. The molecule has 1 nitrogen and oxygen atoms in total. The van der Waals surface area contributed by atoms with Crippen molar-refractivity contribution in [2.24, 2.45) is 23.7 Å². The molecule has 0 heterocycles. The van der Waals surface area contributed by atoms with Crippen LogP contribution in [0.2, 0.25) is 0 Å². The lowest BCUT2D eigenvalue weighted by Gasteiger charge is -2.41. The molecule has 0 radical (unpaired) electrons. The van der Waals surface area contributed by atoms with Crippen LogP contribution >= 0.6 is 0 Å². The molecular weight excluding hydrogens is 400 g/mol. The Balaban J connectivity index is 1.76. The highest BCUT2D eigenvalue weighted by atomic mass is 16.3. The topological polar surface area (TPSA) is 20.2 Å². The Kier molecular flexibility index (Phi) is 14.5. The molecule has 1 N–H and O–H groups in total. The summed E-state index contributed by atoms with van der Waals surface area (Å²) in [5.74, 6) is 2.76. The van der Waals surface area contributed by atoms with Crippen LogP contribution in [0.25, 0.3) is 0 Å². The van der Waals surface area contributed by atoms with Gasteiger partial charge < -0.3 is 5.11 Å². The fourth-order valence-electron chi connectivity index (χ4n) is 7.89. The molecule has 0 aromatic carbocycles. The van der Waals surface area contributed by atoms with E-state index >= 15 is 0 Å². The molecular formula is C32H60O. The lowest BCUT2D eigenvalue weighted by atomic mass is 9.66. The molecule has 1 atom stereocenters. The maximum atomic E-state index is 12.2. The lowest BCUT2D eigenvalue weighted by molar-refractivity contribution is -0.0255. The zero-order valence-corrected chi connectivity index (χ0v) is 22.4. The van der Waals surface area contributed by atoms with Gasteiger partial charge in [0.05, 0.1) is 6.10 Å². The molecule has 0 spiro atoms. The van der Waals surface area contributed by atoms with Crippen LogP contribution in [0, 0.1) is 23.7 Å². The van der Waals surface area contributed by atoms with Gasteiger partial charge in [-0.1, -0.05) is 161 Å². The van der Waals surface area contributed by atoms with E-state index in [0.717, 1.165) is 11.8 Å². The first kappa shape index (κ1) is 27.5. The highest BCUT2D eigenvalue weighted by molar-refractivity contribution is 4.88. The molecule has 1 unspecified atom stereocenters. The Morgan fingerprint density at radius 2 is 0.515 bits per heavy atom. The van der Waals surface area contributed by atoms with Crippen molar-refractivity contribution in [2.45, 2.75) is 179 Å². The fourth-order valence-corrected chi connectivity index (χ4v) is 7.89. The highest BCUT2D eigenvalue weighted by Gasteiger charge is 2.37. The second-order valence-corrected chi connectivity index (χ2v) is 12.5. The second kappa shape index (κ2) is 17.4. The molecule has 3 rings (SSSR count). The summed E-state index contributed by atoms with van der Waals surface area (Å²) in [6.45, 7) is 0. The smallest absolute Gasteiger partial charge is 0.0601 e. The summed E-state index contributed by atoms with van der Waals surface area (Å²) in [6.07, 6.45) is 38.2. The number of aliphatic hydroxyl groups is 1. The molecule has 0 aliphatic heterocycles. The lowest BCUT2D eigenvalue weighted by Crippen LogP contribution is -2.39. The van der Waals surface area contributed by atoms with Gasteiger partial charge in [-0.05, 0) is 36.5 Å². The van der Waals surface area contributed by atoms with Crippen LogP contribution in [0.15, 0.2) is 0 Å². The number of hydrogen-bond donors (Lipinski definition) is 1. The van der Waals surface area contributed by atoms with Gasteiger partial charge in [-0.3, -0.25) is 0 Å². The molecule has 3 fully saturated rings. The standard InChI is InChI=1S/C32H60O/c33-32(30-26-20-14-8-3-9-15-21-27-30)31(28-22-16-10-4-1-5-11-17-23-28)29-24-18-12-6-2-7-13-19-25-29/h28-33H,1-27H2. The summed E-state index contributed by atoms with van der Waals surface area (Å²) in [5, 5.41) is 12.2. The van der Waals surface area contributed by atoms with E-state index in [1.54, 1.807) is 0 Å². The van der Waals surface area contributed by atoms with E-state index in [4.69, 9.17) is 0 Å². The monoisotopic (exact) mass is 460 g/mol. The molecule has 0 saturated heterocycles. The zero-order chi connectivity index (χ0) is 23.0. The predicted octanol–water partition coefficient (Wildman–Crippen LogP) is 10.4. The Bertz CT molecular complexity index is 403. The minimum absolute atomic E-state index is 0.0229. The Morgan fingerprint density at radius 3 is 0.788 bits per heavy atom. The largest absolute Gasteiger partial charge is 0.393 e. The predicted molar refractivity (Wildman–Crippen MR) is 145 cm³/mol. The van der Waals surface area contributed by atoms with Crippen LogP contribution in [-0.4, -0.2) is 11.2 Å². The van der Waals surface area contributed by atoms with E-state index in [0.29, 0.717) is 11.8 Å². The van der Waals surface area contributed by atoms with Gasteiger partial charge in [0.1, 0.15) is 0 Å². The summed E-state index contributed by atoms with van der Waals surface area (Å²) in [7, 11) is 0. The Hall–Kier alpha value is -0.0400. The van der Waals surface area contributed by atoms with Crippen LogP contribution < -0.4 is 0 Å². The summed E-state index contributed by atoms with van der Waals surface area (Å²) < 4.78 is 0. The molecule has 0 aromatic rings. The Labute approximate surface area is 208 Å². The van der Waals surface area contributed by atoms with Gasteiger partial charge in [0.2, 0.25) is 0 Å². The molecule has 3 saturated carbocycles. The molecule has 0 bridgehead atoms. The maximum absolute atomic E-state index is 12.2. The number of aliphatic hydroxyl groups excluding tert-OH is 1. The van der Waals surface area contributed by atoms with Crippen LogP contribution in [0.4, 0.5) is 0 Å². The van der Waals surface area contributed by atoms with Crippen molar-refractivity contribution >= 4 is 0 Å². The van der Waals surface area contributed by atoms with E-state index in [1.807, 2.05) is 0 Å². The van der Waals surface area contributed by atoms with E-state index in [1.165, 1.54) is 173 Å². The van der Waals surface area contributed by atoms with Crippen molar-refractivity contribution in [3.05, 3.63) is 0 Å². The zero-order valence-electron chi connectivity index (χ0n) is 22.4.